The van der Waals surface area contributed by atoms with Crippen LogP contribution in [0.5, 0.6) is 5.75 Å². The molecule has 9 heteroatoms. The van der Waals surface area contributed by atoms with Crippen molar-refractivity contribution in [3.05, 3.63) is 95.4 Å². The van der Waals surface area contributed by atoms with Crippen molar-refractivity contribution in [2.24, 2.45) is 0 Å². The number of aromatic nitrogens is 2. The van der Waals surface area contributed by atoms with Crippen molar-refractivity contribution < 1.29 is 9.13 Å². The maximum Gasteiger partial charge on any atom is 0.229 e. The fourth-order valence-corrected chi connectivity index (χ4v) is 4.41. The Morgan fingerprint density at radius 1 is 1.00 bits per heavy atom. The molecule has 0 atom stereocenters. The molecule has 2 heterocycles. The molecule has 198 valence electrons. The lowest BCUT2D eigenvalue weighted by atomic mass is 10.1. The topological polar surface area (TPSA) is 98.1 Å². The molecule has 3 N–H and O–H groups in total. The van der Waals surface area contributed by atoms with Gasteiger partial charge in [0.05, 0.1) is 5.69 Å². The summed E-state index contributed by atoms with van der Waals surface area (Å²) in [6, 6.07) is 22.1. The molecule has 8 nitrogen and oxygen atoms in total. The van der Waals surface area contributed by atoms with E-state index in [4.69, 9.17) is 9.72 Å². The molecule has 0 aliphatic carbocycles. The first kappa shape index (κ1) is 25.9. The standard InChI is InChI=1S/C30H30FN7O/c1-2-21-19-34-30(35-23-10-12-24(13-11-23)38-16-14-33-15-17-38)37-29(21)36-27-8-5-9-28(25(27)18-32)39-20-22-6-3-4-7-26(22)31/h3-13,19,33H,2,14-17,20H2,1H3,(H2,34,35,36,37). The molecule has 3 aromatic carbocycles. The minimum atomic E-state index is -0.350. The molecular weight excluding hydrogens is 493 g/mol. The molecule has 0 spiro atoms. The first-order chi connectivity index (χ1) is 19.1. The van der Waals surface area contributed by atoms with Gasteiger partial charge in [0, 0.05) is 54.9 Å². The number of aryl methyl sites for hydroxylation is 1. The van der Waals surface area contributed by atoms with Crippen LogP contribution in [0.4, 0.5) is 33.2 Å². The van der Waals surface area contributed by atoms with Crippen LogP contribution >= 0.6 is 0 Å². The Kier molecular flexibility index (Phi) is 8.15. The predicted molar refractivity (Wildman–Crippen MR) is 151 cm³/mol. The number of hydrogen-bond acceptors (Lipinski definition) is 8. The Morgan fingerprint density at radius 3 is 2.54 bits per heavy atom. The van der Waals surface area contributed by atoms with E-state index >= 15 is 0 Å². The minimum absolute atomic E-state index is 0.0139. The van der Waals surface area contributed by atoms with E-state index in [2.05, 4.69) is 44.0 Å². The first-order valence-corrected chi connectivity index (χ1v) is 13.0. The Balaban J connectivity index is 1.33. The van der Waals surface area contributed by atoms with Crippen LogP contribution in [-0.4, -0.2) is 36.1 Å². The van der Waals surface area contributed by atoms with Crippen molar-refractivity contribution in [1.29, 1.82) is 5.26 Å². The highest BCUT2D eigenvalue weighted by Crippen LogP contribution is 2.30. The Bertz CT molecular complexity index is 1460. The predicted octanol–water partition coefficient (Wildman–Crippen LogP) is 5.53. The molecule has 4 aromatic rings. The second-order valence-corrected chi connectivity index (χ2v) is 9.13. The fraction of sp³-hybridized carbons (Fsp3) is 0.233. The van der Waals surface area contributed by atoms with Crippen LogP contribution < -0.4 is 25.6 Å². The highest BCUT2D eigenvalue weighted by Gasteiger charge is 2.15. The summed E-state index contributed by atoms with van der Waals surface area (Å²) in [4.78, 5) is 11.5. The lowest BCUT2D eigenvalue weighted by Crippen LogP contribution is -2.43. The molecule has 1 fully saturated rings. The average molecular weight is 524 g/mol. The summed E-state index contributed by atoms with van der Waals surface area (Å²) in [6.45, 7) is 5.99. The molecule has 39 heavy (non-hydrogen) atoms. The number of benzene rings is 3. The van der Waals surface area contributed by atoms with E-state index in [0.29, 0.717) is 40.8 Å². The highest BCUT2D eigenvalue weighted by atomic mass is 19.1. The molecule has 5 rings (SSSR count). The second kappa shape index (κ2) is 12.2. The molecule has 0 unspecified atom stereocenters. The van der Waals surface area contributed by atoms with Gasteiger partial charge in [-0.25, -0.2) is 9.37 Å². The molecule has 0 bridgehead atoms. The zero-order valence-corrected chi connectivity index (χ0v) is 21.7. The number of hydrogen-bond donors (Lipinski definition) is 3. The van der Waals surface area contributed by atoms with E-state index in [1.807, 2.05) is 19.1 Å². The molecular formula is C30H30FN7O. The monoisotopic (exact) mass is 523 g/mol. The molecule has 1 aromatic heterocycles. The van der Waals surface area contributed by atoms with Crippen LogP contribution in [-0.2, 0) is 13.0 Å². The van der Waals surface area contributed by atoms with Crippen LogP contribution in [0.2, 0.25) is 0 Å². The number of piperazine rings is 1. The third-order valence-electron chi connectivity index (χ3n) is 6.58. The van der Waals surface area contributed by atoms with Crippen LogP contribution in [0.15, 0.2) is 72.9 Å². The van der Waals surface area contributed by atoms with Crippen molar-refractivity contribution >= 4 is 28.8 Å². The smallest absolute Gasteiger partial charge is 0.229 e. The summed E-state index contributed by atoms with van der Waals surface area (Å²) in [7, 11) is 0. The summed E-state index contributed by atoms with van der Waals surface area (Å²) in [5.74, 6) is 1.04. The van der Waals surface area contributed by atoms with Gasteiger partial charge in [-0.2, -0.15) is 10.2 Å². The fourth-order valence-electron chi connectivity index (χ4n) is 4.41. The van der Waals surface area contributed by atoms with Crippen molar-refractivity contribution in [3.8, 4) is 11.8 Å². The molecule has 1 aliphatic heterocycles. The molecule has 0 radical (unpaired) electrons. The van der Waals surface area contributed by atoms with Gasteiger partial charge in [-0.1, -0.05) is 31.2 Å². The number of rotatable bonds is 9. The van der Waals surface area contributed by atoms with Crippen LogP contribution in [0, 0.1) is 17.1 Å². The van der Waals surface area contributed by atoms with Crippen molar-refractivity contribution in [3.63, 3.8) is 0 Å². The van der Waals surface area contributed by atoms with Crippen molar-refractivity contribution in [2.45, 2.75) is 20.0 Å². The number of nitriles is 1. The summed E-state index contributed by atoms with van der Waals surface area (Å²) < 4.78 is 19.9. The molecule has 1 aliphatic rings. The van der Waals surface area contributed by atoms with Gasteiger partial charge in [0.2, 0.25) is 5.95 Å². The Morgan fingerprint density at radius 2 is 1.79 bits per heavy atom. The summed E-state index contributed by atoms with van der Waals surface area (Å²) in [5, 5.41) is 19.9. The van der Waals surface area contributed by atoms with Gasteiger partial charge in [-0.15, -0.1) is 0 Å². The normalized spacial score (nSPS) is 13.0. The number of nitrogens with zero attached hydrogens (tertiary/aromatic N) is 4. The maximum absolute atomic E-state index is 14.0. The number of anilines is 5. The van der Waals surface area contributed by atoms with Gasteiger partial charge in [0.15, 0.2) is 0 Å². The Labute approximate surface area is 227 Å². The average Bonchev–Trinajstić information content (AvgIpc) is 2.98. The van der Waals surface area contributed by atoms with Gasteiger partial charge in [-0.05, 0) is 48.9 Å². The first-order valence-electron chi connectivity index (χ1n) is 13.0. The maximum atomic E-state index is 14.0. The van der Waals surface area contributed by atoms with E-state index in [1.54, 1.807) is 42.6 Å². The van der Waals surface area contributed by atoms with E-state index < -0.39 is 0 Å². The van der Waals surface area contributed by atoms with Crippen molar-refractivity contribution in [1.82, 2.24) is 15.3 Å². The van der Waals surface area contributed by atoms with Gasteiger partial charge < -0.3 is 25.6 Å². The summed E-state index contributed by atoms with van der Waals surface area (Å²) in [5.41, 5.74) is 4.24. The zero-order valence-electron chi connectivity index (χ0n) is 21.7. The van der Waals surface area contributed by atoms with Gasteiger partial charge in [0.25, 0.3) is 0 Å². The van der Waals surface area contributed by atoms with Crippen LogP contribution in [0.1, 0.15) is 23.6 Å². The van der Waals surface area contributed by atoms with E-state index in [-0.39, 0.29) is 12.4 Å². The second-order valence-electron chi connectivity index (χ2n) is 9.13. The van der Waals surface area contributed by atoms with Gasteiger partial charge >= 0.3 is 0 Å². The zero-order chi connectivity index (χ0) is 27.0. The number of halogens is 1. The summed E-state index contributed by atoms with van der Waals surface area (Å²) >= 11 is 0. The molecule has 0 amide bonds. The van der Waals surface area contributed by atoms with Crippen molar-refractivity contribution in [2.75, 3.05) is 41.7 Å². The molecule has 1 saturated heterocycles. The van der Waals surface area contributed by atoms with Crippen LogP contribution in [0.3, 0.4) is 0 Å². The van der Waals surface area contributed by atoms with Gasteiger partial charge in [0.1, 0.15) is 35.6 Å². The third kappa shape index (κ3) is 6.25. The molecule has 0 saturated carbocycles. The van der Waals surface area contributed by atoms with Crippen LogP contribution in [0.25, 0.3) is 0 Å². The minimum Gasteiger partial charge on any atom is -0.487 e. The highest BCUT2D eigenvalue weighted by molar-refractivity contribution is 5.71. The quantitative estimate of drug-likeness (QED) is 0.264. The Hall–Kier alpha value is -4.68. The SMILES string of the molecule is CCc1cnc(Nc2ccc(N3CCNCC3)cc2)nc1Nc1cccc(OCc2ccccc2F)c1C#N. The summed E-state index contributed by atoms with van der Waals surface area (Å²) in [6.07, 6.45) is 2.48. The van der Waals surface area contributed by atoms with Gasteiger partial charge in [-0.3, -0.25) is 0 Å². The number of ether oxygens (including phenoxy) is 1. The van der Waals surface area contributed by atoms with E-state index in [0.717, 1.165) is 37.4 Å². The third-order valence-corrected chi connectivity index (χ3v) is 6.58. The lowest BCUT2D eigenvalue weighted by molar-refractivity contribution is 0.299. The van der Waals surface area contributed by atoms with E-state index in [1.165, 1.54) is 11.8 Å². The lowest BCUT2D eigenvalue weighted by Gasteiger charge is -2.29. The number of nitrogens with one attached hydrogen (secondary N) is 3. The van der Waals surface area contributed by atoms with E-state index in [9.17, 15) is 9.65 Å². The largest absolute Gasteiger partial charge is 0.487 e.